The Morgan fingerprint density at radius 2 is 1.62 bits per heavy atom. The van der Waals surface area contributed by atoms with Crippen LogP contribution in [0.2, 0.25) is 0 Å². The van der Waals surface area contributed by atoms with Crippen LogP contribution in [0.25, 0.3) is 10.3 Å². The molecule has 1 amide bonds. The lowest BCUT2D eigenvalue weighted by Gasteiger charge is -2.25. The number of aryl methyl sites for hydroxylation is 3. The van der Waals surface area contributed by atoms with Gasteiger partial charge >= 0.3 is 4.94 Å². The summed E-state index contributed by atoms with van der Waals surface area (Å²) in [6.45, 7) is 5.13. The lowest BCUT2D eigenvalue weighted by atomic mass is 10.1. The molecule has 0 saturated carbocycles. The molecule has 0 aliphatic carbocycles. The molecule has 1 aromatic heterocycles. The molecule has 3 aromatic carbocycles. The second kappa shape index (κ2) is 8.50. The number of benzene rings is 3. The number of hydrogen-bond acceptors (Lipinski definition) is 8. The summed E-state index contributed by atoms with van der Waals surface area (Å²) in [6.07, 6.45) is 0. The smallest absolute Gasteiger partial charge is 0.396 e. The SMILES string of the molecule is Cc1cc(C)c(S(=O)(=O)N(C(=O)c2ccc([N+](=O)[O-])cc2)c2ccc3oc(=O)sc3c2)c(C)c1. The Hall–Kier alpha value is -3.83. The topological polar surface area (TPSA) is 128 Å². The predicted molar refractivity (Wildman–Crippen MR) is 128 cm³/mol. The molecule has 0 aliphatic rings. The summed E-state index contributed by atoms with van der Waals surface area (Å²) < 4.78 is 33.9. The minimum Gasteiger partial charge on any atom is -0.414 e. The third kappa shape index (κ3) is 4.11. The minimum atomic E-state index is -4.42. The highest BCUT2D eigenvalue weighted by Crippen LogP contribution is 2.33. The Balaban J connectivity index is 1.94. The first-order valence-corrected chi connectivity index (χ1v) is 12.2. The summed E-state index contributed by atoms with van der Waals surface area (Å²) >= 11 is 0.781. The van der Waals surface area contributed by atoms with Crippen LogP contribution in [0, 0.1) is 30.9 Å². The van der Waals surface area contributed by atoms with E-state index in [1.54, 1.807) is 26.0 Å². The first-order chi connectivity index (χ1) is 16.0. The van der Waals surface area contributed by atoms with E-state index in [1.165, 1.54) is 30.3 Å². The Bertz CT molecular complexity index is 1590. The molecule has 0 bridgehead atoms. The van der Waals surface area contributed by atoms with Crippen molar-refractivity contribution >= 4 is 48.9 Å². The third-order valence-corrected chi connectivity index (χ3v) is 7.97. The van der Waals surface area contributed by atoms with Crippen molar-refractivity contribution in [2.75, 3.05) is 4.31 Å². The van der Waals surface area contributed by atoms with Gasteiger partial charge < -0.3 is 4.42 Å². The lowest BCUT2D eigenvalue weighted by molar-refractivity contribution is -0.384. The number of nitro groups is 1. The van der Waals surface area contributed by atoms with Crippen LogP contribution in [-0.4, -0.2) is 19.2 Å². The van der Waals surface area contributed by atoms with Gasteiger partial charge in [-0.25, -0.2) is 13.2 Å². The van der Waals surface area contributed by atoms with E-state index in [2.05, 4.69) is 0 Å². The molecule has 174 valence electrons. The minimum absolute atomic E-state index is 0.00674. The van der Waals surface area contributed by atoms with Crippen molar-refractivity contribution in [3.05, 3.63) is 96.7 Å². The highest BCUT2D eigenvalue weighted by Gasteiger charge is 2.34. The number of hydrogen-bond donors (Lipinski definition) is 0. The third-order valence-electron chi connectivity index (χ3n) is 5.16. The van der Waals surface area contributed by atoms with Crippen LogP contribution in [0.5, 0.6) is 0 Å². The molecule has 9 nitrogen and oxygen atoms in total. The quantitative estimate of drug-likeness (QED) is 0.288. The molecule has 0 saturated heterocycles. The summed E-state index contributed by atoms with van der Waals surface area (Å²) in [5.74, 6) is -0.899. The first-order valence-electron chi connectivity index (χ1n) is 9.94. The summed E-state index contributed by atoms with van der Waals surface area (Å²) in [5.41, 5.74) is 1.78. The van der Waals surface area contributed by atoms with E-state index in [4.69, 9.17) is 4.42 Å². The van der Waals surface area contributed by atoms with Gasteiger partial charge in [0.25, 0.3) is 21.6 Å². The summed E-state index contributed by atoms with van der Waals surface area (Å²) in [4.78, 5) is 35.0. The number of rotatable bonds is 5. The molecule has 0 spiro atoms. The van der Waals surface area contributed by atoms with Crippen molar-refractivity contribution in [1.29, 1.82) is 0 Å². The highest BCUT2D eigenvalue weighted by atomic mass is 32.2. The number of sulfonamides is 1. The molecule has 0 fully saturated rings. The number of nitrogens with zero attached hydrogens (tertiary/aromatic N) is 2. The van der Waals surface area contributed by atoms with E-state index >= 15 is 0 Å². The maximum absolute atomic E-state index is 13.9. The lowest BCUT2D eigenvalue weighted by Crippen LogP contribution is -2.37. The summed E-state index contributed by atoms with van der Waals surface area (Å²) in [7, 11) is -4.42. The van der Waals surface area contributed by atoms with Crippen LogP contribution < -0.4 is 9.24 Å². The van der Waals surface area contributed by atoms with Crippen LogP contribution in [-0.2, 0) is 10.0 Å². The molecule has 4 rings (SSSR count). The number of nitro benzene ring substituents is 1. The van der Waals surface area contributed by atoms with Gasteiger partial charge in [-0.1, -0.05) is 29.0 Å². The van der Waals surface area contributed by atoms with Gasteiger partial charge in [-0.05, 0) is 62.2 Å². The zero-order valence-corrected chi connectivity index (χ0v) is 19.9. The first kappa shape index (κ1) is 23.3. The Morgan fingerprint density at radius 3 is 2.21 bits per heavy atom. The van der Waals surface area contributed by atoms with Crippen molar-refractivity contribution in [3.63, 3.8) is 0 Å². The van der Waals surface area contributed by atoms with Gasteiger partial charge in [-0.15, -0.1) is 0 Å². The molecule has 0 aliphatic heterocycles. The molecule has 34 heavy (non-hydrogen) atoms. The second-order valence-corrected chi connectivity index (χ2v) is 10.4. The largest absolute Gasteiger partial charge is 0.414 e. The number of carbonyl (C=O) groups is 1. The standard InChI is InChI=1S/C23H18N2O7S2/c1-13-10-14(2)21(15(3)11-13)34(30,31)24(18-8-9-19-20(12-18)33-23(27)32-19)22(26)16-4-6-17(7-5-16)25(28)29/h4-12H,1-3H3. The molecule has 4 aromatic rings. The van der Waals surface area contributed by atoms with Gasteiger partial charge in [0.1, 0.15) is 5.58 Å². The molecular weight excluding hydrogens is 480 g/mol. The van der Waals surface area contributed by atoms with Crippen LogP contribution >= 0.6 is 11.3 Å². The van der Waals surface area contributed by atoms with Crippen molar-refractivity contribution < 1.29 is 22.6 Å². The fourth-order valence-corrected chi connectivity index (χ4v) is 6.39. The Labute approximate surface area is 198 Å². The fraction of sp³-hybridized carbons (Fsp3) is 0.130. The van der Waals surface area contributed by atoms with E-state index < -0.39 is 25.8 Å². The van der Waals surface area contributed by atoms with Gasteiger partial charge in [-0.3, -0.25) is 14.9 Å². The average Bonchev–Trinajstić information content (AvgIpc) is 3.12. The van der Waals surface area contributed by atoms with Crippen molar-refractivity contribution in [2.45, 2.75) is 25.7 Å². The molecule has 11 heteroatoms. The number of amides is 1. The normalized spacial score (nSPS) is 11.5. The monoisotopic (exact) mass is 498 g/mol. The molecule has 0 unspecified atom stereocenters. The summed E-state index contributed by atoms with van der Waals surface area (Å²) in [6, 6.07) is 12.3. The maximum atomic E-state index is 13.9. The molecule has 0 N–H and O–H groups in total. The summed E-state index contributed by atoms with van der Waals surface area (Å²) in [5, 5.41) is 11.0. The average molecular weight is 499 g/mol. The maximum Gasteiger partial charge on any atom is 0.396 e. The Morgan fingerprint density at radius 1 is 1.00 bits per heavy atom. The second-order valence-electron chi connectivity index (χ2n) is 7.69. The van der Waals surface area contributed by atoms with Crippen LogP contribution in [0.1, 0.15) is 27.0 Å². The van der Waals surface area contributed by atoms with Gasteiger partial charge in [0.15, 0.2) is 0 Å². The molecule has 0 atom stereocenters. The van der Waals surface area contributed by atoms with Gasteiger partial charge in [-0.2, -0.15) is 4.31 Å². The number of fused-ring (bicyclic) bond motifs is 1. The highest BCUT2D eigenvalue weighted by molar-refractivity contribution is 7.93. The fourth-order valence-electron chi connectivity index (χ4n) is 3.86. The van der Waals surface area contributed by atoms with Crippen molar-refractivity contribution in [3.8, 4) is 0 Å². The van der Waals surface area contributed by atoms with Crippen LogP contribution in [0.15, 0.2) is 68.7 Å². The Kier molecular flexibility index (Phi) is 5.84. The number of non-ortho nitro benzene ring substituents is 1. The molecular formula is C23H18N2O7S2. The van der Waals surface area contributed by atoms with Gasteiger partial charge in [0.05, 0.1) is 20.2 Å². The van der Waals surface area contributed by atoms with Crippen molar-refractivity contribution in [1.82, 2.24) is 0 Å². The van der Waals surface area contributed by atoms with Crippen LogP contribution in [0.3, 0.4) is 0 Å². The van der Waals surface area contributed by atoms with E-state index in [0.29, 0.717) is 20.1 Å². The predicted octanol–water partition coefficient (Wildman–Crippen LogP) is 4.72. The zero-order valence-electron chi connectivity index (χ0n) is 18.3. The molecule has 1 heterocycles. The van der Waals surface area contributed by atoms with Gasteiger partial charge in [0, 0.05) is 17.7 Å². The number of anilines is 1. The zero-order chi connectivity index (χ0) is 24.8. The van der Waals surface area contributed by atoms with E-state index in [-0.39, 0.29) is 27.4 Å². The van der Waals surface area contributed by atoms with E-state index in [0.717, 1.165) is 29.0 Å². The van der Waals surface area contributed by atoms with Crippen LogP contribution in [0.4, 0.5) is 11.4 Å². The van der Waals surface area contributed by atoms with E-state index in [1.807, 2.05) is 6.92 Å². The molecule has 0 radical (unpaired) electrons. The van der Waals surface area contributed by atoms with E-state index in [9.17, 15) is 28.1 Å². The van der Waals surface area contributed by atoms with Gasteiger partial charge in [0.2, 0.25) is 0 Å². The van der Waals surface area contributed by atoms with Crippen molar-refractivity contribution in [2.24, 2.45) is 0 Å². The number of carbonyl (C=O) groups excluding carboxylic acids is 1.